The SMILES string of the molecule is c1ccc(-c2ccc(-c3n[nH]c4c3CN(CC3CCCO3)CC4)cc2)cc1. The second-order valence-electron chi connectivity index (χ2n) is 7.59. The molecule has 5 rings (SSSR count). The number of hydrogen-bond donors (Lipinski definition) is 1. The van der Waals surface area contributed by atoms with Crippen molar-refractivity contribution in [1.29, 1.82) is 0 Å². The second-order valence-corrected chi connectivity index (χ2v) is 7.59. The second kappa shape index (κ2) is 7.29. The lowest BCUT2D eigenvalue weighted by Crippen LogP contribution is -2.36. The van der Waals surface area contributed by atoms with E-state index >= 15 is 0 Å². The zero-order valence-corrected chi connectivity index (χ0v) is 15.5. The third-order valence-electron chi connectivity index (χ3n) is 5.76. The molecule has 138 valence electrons. The van der Waals surface area contributed by atoms with Gasteiger partial charge < -0.3 is 4.74 Å². The number of aromatic nitrogens is 2. The molecule has 27 heavy (non-hydrogen) atoms. The topological polar surface area (TPSA) is 41.2 Å². The molecule has 1 saturated heterocycles. The van der Waals surface area contributed by atoms with Gasteiger partial charge in [0.2, 0.25) is 0 Å². The number of benzene rings is 2. The van der Waals surface area contributed by atoms with Gasteiger partial charge in [-0.1, -0.05) is 54.6 Å². The van der Waals surface area contributed by atoms with Crippen molar-refractivity contribution < 1.29 is 4.74 Å². The third kappa shape index (κ3) is 3.43. The number of H-pyrrole nitrogens is 1. The first-order valence-electron chi connectivity index (χ1n) is 9.93. The Morgan fingerprint density at radius 3 is 2.56 bits per heavy atom. The first-order valence-corrected chi connectivity index (χ1v) is 9.93. The van der Waals surface area contributed by atoms with E-state index in [1.165, 1.54) is 40.8 Å². The molecule has 1 aromatic heterocycles. The minimum absolute atomic E-state index is 0.409. The fraction of sp³-hybridized carbons (Fsp3) is 0.348. The standard InChI is InChI=1S/C23H25N3O/c1-2-5-17(6-3-1)18-8-10-19(11-9-18)23-21-16-26(13-12-22(21)24-25-23)15-20-7-4-14-27-20/h1-3,5-6,8-11,20H,4,7,12-16H2,(H,24,25). The molecule has 2 aliphatic heterocycles. The molecule has 2 aromatic carbocycles. The Labute approximate surface area is 160 Å². The average Bonchev–Trinajstić information content (AvgIpc) is 3.38. The summed E-state index contributed by atoms with van der Waals surface area (Å²) in [5, 5.41) is 7.93. The zero-order chi connectivity index (χ0) is 18.1. The number of aromatic amines is 1. The minimum atomic E-state index is 0.409. The number of nitrogens with one attached hydrogen (secondary N) is 1. The fourth-order valence-corrected chi connectivity index (χ4v) is 4.27. The van der Waals surface area contributed by atoms with E-state index in [4.69, 9.17) is 4.74 Å². The van der Waals surface area contributed by atoms with Crippen molar-refractivity contribution >= 4 is 0 Å². The van der Waals surface area contributed by atoms with Gasteiger partial charge in [0.1, 0.15) is 0 Å². The van der Waals surface area contributed by atoms with Gasteiger partial charge in [-0.3, -0.25) is 10.00 Å². The number of ether oxygens (including phenoxy) is 1. The first kappa shape index (κ1) is 16.7. The summed E-state index contributed by atoms with van der Waals surface area (Å²) in [5.41, 5.74) is 7.42. The van der Waals surface area contributed by atoms with Crippen molar-refractivity contribution in [2.24, 2.45) is 0 Å². The van der Waals surface area contributed by atoms with E-state index in [9.17, 15) is 0 Å². The maximum Gasteiger partial charge on any atom is 0.0968 e. The van der Waals surface area contributed by atoms with Gasteiger partial charge in [0.05, 0.1) is 11.8 Å². The Morgan fingerprint density at radius 1 is 1.00 bits per heavy atom. The van der Waals surface area contributed by atoms with Crippen LogP contribution in [0.4, 0.5) is 0 Å². The largest absolute Gasteiger partial charge is 0.377 e. The van der Waals surface area contributed by atoms with E-state index in [1.54, 1.807) is 0 Å². The van der Waals surface area contributed by atoms with E-state index in [0.717, 1.165) is 38.4 Å². The van der Waals surface area contributed by atoms with Crippen LogP contribution in [-0.4, -0.2) is 40.9 Å². The van der Waals surface area contributed by atoms with Crippen molar-refractivity contribution in [2.45, 2.75) is 31.9 Å². The smallest absolute Gasteiger partial charge is 0.0968 e. The highest BCUT2D eigenvalue weighted by Crippen LogP contribution is 2.30. The van der Waals surface area contributed by atoms with Crippen LogP contribution in [0, 0.1) is 0 Å². The molecule has 1 unspecified atom stereocenters. The van der Waals surface area contributed by atoms with Crippen LogP contribution < -0.4 is 0 Å². The van der Waals surface area contributed by atoms with E-state index in [0.29, 0.717) is 6.10 Å². The van der Waals surface area contributed by atoms with E-state index < -0.39 is 0 Å². The molecule has 0 aliphatic carbocycles. The predicted octanol–water partition coefficient (Wildman–Crippen LogP) is 4.28. The Morgan fingerprint density at radius 2 is 1.78 bits per heavy atom. The molecule has 4 nitrogen and oxygen atoms in total. The van der Waals surface area contributed by atoms with Crippen LogP contribution >= 0.6 is 0 Å². The van der Waals surface area contributed by atoms with Gasteiger partial charge >= 0.3 is 0 Å². The molecule has 0 spiro atoms. The average molecular weight is 359 g/mol. The maximum absolute atomic E-state index is 5.83. The van der Waals surface area contributed by atoms with Crippen molar-refractivity contribution in [3.63, 3.8) is 0 Å². The molecular weight excluding hydrogens is 334 g/mol. The van der Waals surface area contributed by atoms with Crippen LogP contribution in [0.25, 0.3) is 22.4 Å². The molecule has 0 bridgehead atoms. The van der Waals surface area contributed by atoms with E-state index in [-0.39, 0.29) is 0 Å². The van der Waals surface area contributed by atoms with Gasteiger partial charge in [-0.2, -0.15) is 5.10 Å². The summed E-state index contributed by atoms with van der Waals surface area (Å²) >= 11 is 0. The van der Waals surface area contributed by atoms with Crippen molar-refractivity contribution in [2.75, 3.05) is 19.7 Å². The van der Waals surface area contributed by atoms with Gasteiger partial charge in [-0.25, -0.2) is 0 Å². The molecular formula is C23H25N3O. The lowest BCUT2D eigenvalue weighted by molar-refractivity contribution is 0.0687. The van der Waals surface area contributed by atoms with Crippen molar-refractivity contribution in [3.8, 4) is 22.4 Å². The highest BCUT2D eigenvalue weighted by molar-refractivity contribution is 5.70. The molecule has 1 fully saturated rings. The molecule has 4 heteroatoms. The van der Waals surface area contributed by atoms with Gasteiger partial charge in [-0.05, 0) is 24.0 Å². The van der Waals surface area contributed by atoms with E-state index in [2.05, 4.69) is 69.7 Å². The Balaban J connectivity index is 1.37. The predicted molar refractivity (Wildman–Crippen MR) is 107 cm³/mol. The molecule has 2 aliphatic rings. The molecule has 3 heterocycles. The Kier molecular flexibility index (Phi) is 4.52. The van der Waals surface area contributed by atoms with Gasteiger partial charge in [0, 0.05) is 49.5 Å². The number of rotatable bonds is 4. The molecule has 0 saturated carbocycles. The monoisotopic (exact) mass is 359 g/mol. The Bertz CT molecular complexity index is 895. The normalized spacial score (nSPS) is 19.9. The highest BCUT2D eigenvalue weighted by Gasteiger charge is 2.26. The summed E-state index contributed by atoms with van der Waals surface area (Å²) < 4.78 is 5.83. The number of nitrogens with zero attached hydrogens (tertiary/aromatic N) is 2. The van der Waals surface area contributed by atoms with Crippen molar-refractivity contribution in [3.05, 3.63) is 65.9 Å². The van der Waals surface area contributed by atoms with Gasteiger partial charge in [0.15, 0.2) is 0 Å². The lowest BCUT2D eigenvalue weighted by Gasteiger charge is -2.29. The highest BCUT2D eigenvalue weighted by atomic mass is 16.5. The number of fused-ring (bicyclic) bond motifs is 1. The molecule has 0 radical (unpaired) electrons. The fourth-order valence-electron chi connectivity index (χ4n) is 4.27. The van der Waals surface area contributed by atoms with E-state index in [1.807, 2.05) is 0 Å². The number of hydrogen-bond acceptors (Lipinski definition) is 3. The first-order chi connectivity index (χ1) is 13.4. The van der Waals surface area contributed by atoms with Gasteiger partial charge in [-0.15, -0.1) is 0 Å². The van der Waals surface area contributed by atoms with Crippen LogP contribution in [0.3, 0.4) is 0 Å². The van der Waals surface area contributed by atoms with Crippen LogP contribution in [0.1, 0.15) is 24.1 Å². The van der Waals surface area contributed by atoms with Crippen molar-refractivity contribution in [1.82, 2.24) is 15.1 Å². The van der Waals surface area contributed by atoms with Gasteiger partial charge in [0.25, 0.3) is 0 Å². The summed E-state index contributed by atoms with van der Waals surface area (Å²) in [5.74, 6) is 0. The summed E-state index contributed by atoms with van der Waals surface area (Å²) in [7, 11) is 0. The van der Waals surface area contributed by atoms with Crippen LogP contribution in [0.5, 0.6) is 0 Å². The lowest BCUT2D eigenvalue weighted by atomic mass is 9.98. The summed E-state index contributed by atoms with van der Waals surface area (Å²) in [6, 6.07) is 19.3. The summed E-state index contributed by atoms with van der Waals surface area (Å²) in [6.07, 6.45) is 3.85. The molecule has 3 aromatic rings. The zero-order valence-electron chi connectivity index (χ0n) is 15.5. The summed E-state index contributed by atoms with van der Waals surface area (Å²) in [4.78, 5) is 2.52. The van der Waals surface area contributed by atoms with Crippen LogP contribution in [0.15, 0.2) is 54.6 Å². The molecule has 0 amide bonds. The third-order valence-corrected chi connectivity index (χ3v) is 5.76. The van der Waals surface area contributed by atoms with Crippen LogP contribution in [0.2, 0.25) is 0 Å². The quantitative estimate of drug-likeness (QED) is 0.756. The minimum Gasteiger partial charge on any atom is -0.377 e. The molecule has 1 atom stereocenters. The summed E-state index contributed by atoms with van der Waals surface area (Å²) in [6.45, 7) is 4.01. The maximum atomic E-state index is 5.83. The van der Waals surface area contributed by atoms with Crippen LogP contribution in [-0.2, 0) is 17.7 Å². The molecule has 1 N–H and O–H groups in total. The Hall–Kier alpha value is -2.43.